The number of benzene rings is 1. The quantitative estimate of drug-likeness (QED) is 0.352. The standard InChI is InChI=1S/C25H32BrClN2O5S/c1-5-12(3)16(11-30)29-21(22(31)28-19-13(4)8-7-9-15(19)27)25-10-14(26)20(35-25)17(18(25)23(29)32)24(33)34-6-2/h7-9,12,14,16-18,20-21,30H,5-6,10-11H2,1-4H3,(H,28,31)/t12-,14?,16-,17-,18-,20-,21?,25?/m0/s1. The molecule has 3 aliphatic heterocycles. The number of alkyl halides is 1. The molecule has 0 radical (unpaired) electrons. The fourth-order valence-corrected chi connectivity index (χ4v) is 9.88. The van der Waals surface area contributed by atoms with E-state index < -0.39 is 34.6 Å². The van der Waals surface area contributed by atoms with E-state index in [1.165, 1.54) is 0 Å². The van der Waals surface area contributed by atoms with Gasteiger partial charge in [-0.3, -0.25) is 14.4 Å². The van der Waals surface area contributed by atoms with Crippen molar-refractivity contribution in [2.45, 2.75) is 67.4 Å². The van der Waals surface area contributed by atoms with Gasteiger partial charge in [0.15, 0.2) is 0 Å². The second kappa shape index (κ2) is 10.2. The van der Waals surface area contributed by atoms with Crippen LogP contribution in [0, 0.1) is 24.7 Å². The minimum absolute atomic E-state index is 0.0421. The van der Waals surface area contributed by atoms with E-state index in [2.05, 4.69) is 21.2 Å². The number of nitrogens with one attached hydrogen (secondary N) is 1. The van der Waals surface area contributed by atoms with Crippen LogP contribution in [0.1, 0.15) is 39.2 Å². The number of aliphatic hydroxyl groups is 1. The van der Waals surface area contributed by atoms with Crippen molar-refractivity contribution in [2.75, 3.05) is 18.5 Å². The third-order valence-corrected chi connectivity index (χ3v) is 11.4. The Morgan fingerprint density at radius 2 is 2.11 bits per heavy atom. The maximum absolute atomic E-state index is 14.1. The Balaban J connectivity index is 1.81. The number of anilines is 1. The maximum atomic E-state index is 14.1. The van der Waals surface area contributed by atoms with E-state index in [1.54, 1.807) is 29.7 Å². The first-order chi connectivity index (χ1) is 16.6. The van der Waals surface area contributed by atoms with Crippen LogP contribution in [0.25, 0.3) is 0 Å². The SMILES string of the molecule is CCOC(=O)[C@H]1[C@H]2C(=O)N([C@@H](CO)[C@@H](C)CC)C(C(=O)Nc3c(C)cccc3Cl)C23CC(Br)[C@@H]1S3. The number of nitrogens with zero attached hydrogens (tertiary/aromatic N) is 1. The Morgan fingerprint density at radius 3 is 2.71 bits per heavy atom. The third-order valence-electron chi connectivity index (χ3n) is 7.85. The van der Waals surface area contributed by atoms with Gasteiger partial charge in [-0.25, -0.2) is 0 Å². The summed E-state index contributed by atoms with van der Waals surface area (Å²) in [5, 5.41) is 13.6. The van der Waals surface area contributed by atoms with Gasteiger partial charge in [0.05, 0.1) is 46.5 Å². The predicted octanol–water partition coefficient (Wildman–Crippen LogP) is 4.02. The molecule has 0 saturated carbocycles. The van der Waals surface area contributed by atoms with Gasteiger partial charge in [0, 0.05) is 10.1 Å². The molecule has 10 heteroatoms. The summed E-state index contributed by atoms with van der Waals surface area (Å²) < 4.78 is 4.57. The van der Waals surface area contributed by atoms with Crippen molar-refractivity contribution < 1.29 is 24.2 Å². The summed E-state index contributed by atoms with van der Waals surface area (Å²) in [6.45, 7) is 7.51. The van der Waals surface area contributed by atoms with Gasteiger partial charge in [-0.2, -0.15) is 0 Å². The number of aliphatic hydroxyl groups excluding tert-OH is 1. The molecule has 1 spiro atoms. The number of carbonyl (C=O) groups is 3. The lowest BCUT2D eigenvalue weighted by Crippen LogP contribution is -2.56. The highest BCUT2D eigenvalue weighted by Gasteiger charge is 2.76. The Labute approximate surface area is 223 Å². The van der Waals surface area contributed by atoms with Crippen LogP contribution in [0.5, 0.6) is 0 Å². The smallest absolute Gasteiger partial charge is 0.310 e. The van der Waals surface area contributed by atoms with Crippen LogP contribution < -0.4 is 5.32 Å². The van der Waals surface area contributed by atoms with Gasteiger partial charge in [-0.05, 0) is 37.8 Å². The molecule has 2 bridgehead atoms. The van der Waals surface area contributed by atoms with Crippen LogP contribution in [0.2, 0.25) is 5.02 Å². The average Bonchev–Trinajstić information content (AvgIpc) is 3.40. The average molecular weight is 588 g/mol. The van der Waals surface area contributed by atoms with Gasteiger partial charge in [0.25, 0.3) is 0 Å². The minimum Gasteiger partial charge on any atom is -0.466 e. The number of fused-ring (bicyclic) bond motifs is 1. The number of hydrogen-bond donors (Lipinski definition) is 2. The molecule has 1 aromatic rings. The van der Waals surface area contributed by atoms with Crippen molar-refractivity contribution in [1.82, 2.24) is 4.90 Å². The molecule has 3 unspecified atom stereocenters. The first-order valence-electron chi connectivity index (χ1n) is 12.1. The van der Waals surface area contributed by atoms with Crippen LogP contribution in [0.3, 0.4) is 0 Å². The van der Waals surface area contributed by atoms with Crippen LogP contribution in [0.15, 0.2) is 18.2 Å². The third kappa shape index (κ3) is 4.20. The summed E-state index contributed by atoms with van der Waals surface area (Å²) >= 11 is 11.7. The maximum Gasteiger partial charge on any atom is 0.310 e. The Bertz CT molecular complexity index is 1010. The van der Waals surface area contributed by atoms with Gasteiger partial charge in [0.2, 0.25) is 11.8 Å². The molecule has 2 amide bonds. The lowest BCUT2D eigenvalue weighted by molar-refractivity contribution is -0.154. The molecule has 1 aromatic carbocycles. The number of rotatable bonds is 8. The zero-order valence-corrected chi connectivity index (χ0v) is 23.5. The predicted molar refractivity (Wildman–Crippen MR) is 141 cm³/mol. The lowest BCUT2D eigenvalue weighted by atomic mass is 9.71. The van der Waals surface area contributed by atoms with Crippen molar-refractivity contribution in [3.05, 3.63) is 28.8 Å². The fraction of sp³-hybridized carbons (Fsp3) is 0.640. The number of amides is 2. The summed E-state index contributed by atoms with van der Waals surface area (Å²) in [4.78, 5) is 42.7. The number of likely N-dealkylation sites (tertiary alicyclic amines) is 1. The molecule has 2 N–H and O–H groups in total. The zero-order chi connectivity index (χ0) is 25.7. The van der Waals surface area contributed by atoms with Crippen LogP contribution in [0.4, 0.5) is 5.69 Å². The largest absolute Gasteiger partial charge is 0.466 e. The topological polar surface area (TPSA) is 95.9 Å². The van der Waals surface area contributed by atoms with E-state index in [-0.39, 0.29) is 41.0 Å². The molecular weight excluding hydrogens is 556 g/mol. The van der Waals surface area contributed by atoms with Gasteiger partial charge in [-0.15, -0.1) is 11.8 Å². The summed E-state index contributed by atoms with van der Waals surface area (Å²) in [7, 11) is 0. The number of ether oxygens (including phenoxy) is 1. The normalized spacial score (nSPS) is 32.9. The van der Waals surface area contributed by atoms with Crippen LogP contribution in [-0.2, 0) is 19.1 Å². The number of thioether (sulfide) groups is 1. The van der Waals surface area contributed by atoms with Gasteiger partial charge >= 0.3 is 5.97 Å². The van der Waals surface area contributed by atoms with Gasteiger partial charge in [-0.1, -0.05) is 59.9 Å². The monoisotopic (exact) mass is 586 g/mol. The van der Waals surface area contributed by atoms with Crippen molar-refractivity contribution in [3.8, 4) is 0 Å². The first-order valence-corrected chi connectivity index (χ1v) is 14.3. The molecule has 192 valence electrons. The molecule has 3 aliphatic rings. The van der Waals surface area contributed by atoms with E-state index in [0.717, 1.165) is 12.0 Å². The summed E-state index contributed by atoms with van der Waals surface area (Å²) in [6.07, 6.45) is 1.28. The van der Waals surface area contributed by atoms with Crippen molar-refractivity contribution in [2.24, 2.45) is 17.8 Å². The number of aryl methyl sites for hydroxylation is 1. The number of hydrogen-bond acceptors (Lipinski definition) is 6. The molecule has 3 saturated heterocycles. The second-order valence-electron chi connectivity index (χ2n) is 9.72. The number of halogens is 2. The molecule has 0 aromatic heterocycles. The van der Waals surface area contributed by atoms with E-state index in [0.29, 0.717) is 17.1 Å². The molecule has 7 nitrogen and oxygen atoms in total. The highest BCUT2D eigenvalue weighted by molar-refractivity contribution is 9.09. The highest BCUT2D eigenvalue weighted by Crippen LogP contribution is 2.68. The van der Waals surface area contributed by atoms with E-state index >= 15 is 0 Å². The number of para-hydroxylation sites is 1. The molecule has 3 heterocycles. The van der Waals surface area contributed by atoms with Crippen LogP contribution >= 0.6 is 39.3 Å². The van der Waals surface area contributed by atoms with Gasteiger partial charge < -0.3 is 20.1 Å². The molecule has 35 heavy (non-hydrogen) atoms. The van der Waals surface area contributed by atoms with E-state index in [1.807, 2.05) is 32.9 Å². The van der Waals surface area contributed by atoms with Crippen LogP contribution in [-0.4, -0.2) is 67.9 Å². The van der Waals surface area contributed by atoms with Crippen molar-refractivity contribution in [3.63, 3.8) is 0 Å². The number of esters is 1. The molecule has 8 atom stereocenters. The zero-order valence-electron chi connectivity index (χ0n) is 20.3. The molecule has 0 aliphatic carbocycles. The first kappa shape index (κ1) is 26.8. The fourth-order valence-electron chi connectivity index (χ4n) is 6.03. The van der Waals surface area contributed by atoms with E-state index in [9.17, 15) is 19.5 Å². The Hall–Kier alpha value is -1.29. The Morgan fingerprint density at radius 1 is 1.40 bits per heavy atom. The summed E-state index contributed by atoms with van der Waals surface area (Å²) in [5.41, 5.74) is 1.31. The summed E-state index contributed by atoms with van der Waals surface area (Å²) in [6, 6.07) is 3.96. The summed E-state index contributed by atoms with van der Waals surface area (Å²) in [5.74, 6) is -2.39. The Kier molecular flexibility index (Phi) is 7.82. The van der Waals surface area contributed by atoms with Crippen molar-refractivity contribution >= 4 is 62.8 Å². The minimum atomic E-state index is -0.865. The number of carbonyl (C=O) groups excluding carboxylic acids is 3. The van der Waals surface area contributed by atoms with Crippen molar-refractivity contribution in [1.29, 1.82) is 0 Å². The second-order valence-corrected chi connectivity index (χ2v) is 12.8. The lowest BCUT2D eigenvalue weighted by Gasteiger charge is -2.39. The van der Waals surface area contributed by atoms with Gasteiger partial charge in [0.1, 0.15) is 6.04 Å². The molecule has 3 fully saturated rings. The molecule has 4 rings (SSSR count). The molecular formula is C25H32BrClN2O5S. The van der Waals surface area contributed by atoms with E-state index in [4.69, 9.17) is 16.3 Å². The highest BCUT2D eigenvalue weighted by atomic mass is 79.9.